The van der Waals surface area contributed by atoms with Gasteiger partial charge in [0.05, 0.1) is 18.9 Å². The Hall–Kier alpha value is -2.44. The summed E-state index contributed by atoms with van der Waals surface area (Å²) < 4.78 is 4.95. The highest BCUT2D eigenvalue weighted by Gasteiger charge is 2.38. The molecule has 1 aliphatic carbocycles. The fraction of sp³-hybridized carbons (Fsp3) is 0.333. The van der Waals surface area contributed by atoms with E-state index in [0.29, 0.717) is 35.8 Å². The Morgan fingerprint density at radius 1 is 1.63 bits per heavy atom. The second-order valence-corrected chi connectivity index (χ2v) is 4.29. The molecule has 1 fully saturated rings. The van der Waals surface area contributed by atoms with Gasteiger partial charge in [-0.1, -0.05) is 5.57 Å². The summed E-state index contributed by atoms with van der Waals surface area (Å²) in [7, 11) is 0. The maximum absolute atomic E-state index is 11.5. The molecule has 98 valence electrons. The van der Waals surface area contributed by atoms with E-state index in [9.17, 15) is 4.79 Å². The highest BCUT2D eigenvalue weighted by molar-refractivity contribution is 5.85. The molecule has 1 aliphatic rings. The summed E-state index contributed by atoms with van der Waals surface area (Å²) in [5.74, 6) is 0.467. The molecule has 19 heavy (non-hydrogen) atoms. The minimum absolute atomic E-state index is 0.151. The first-order chi connectivity index (χ1) is 9.19. The summed E-state index contributed by atoms with van der Waals surface area (Å²) in [6, 6.07) is 0. The van der Waals surface area contributed by atoms with Crippen molar-refractivity contribution < 1.29 is 9.53 Å². The standard InChI is InChI=1S/C12H13N5O2/c1-2-19-12(18)7-3-6(7)4-8-16-10(13)9-11(17-8)15-5-14-9/h4-5,7H,2-3H2,1H3,(H3,13,14,15,16,17)/b6-4+. The zero-order chi connectivity index (χ0) is 13.4. The first-order valence-electron chi connectivity index (χ1n) is 6.02. The first-order valence-corrected chi connectivity index (χ1v) is 6.02. The van der Waals surface area contributed by atoms with Crippen LogP contribution in [0.1, 0.15) is 19.2 Å². The van der Waals surface area contributed by atoms with E-state index in [1.54, 1.807) is 13.0 Å². The summed E-state index contributed by atoms with van der Waals surface area (Å²) in [5, 5.41) is 0. The number of nitrogens with zero attached hydrogens (tertiary/aromatic N) is 3. The van der Waals surface area contributed by atoms with Crippen molar-refractivity contribution in [1.29, 1.82) is 0 Å². The van der Waals surface area contributed by atoms with Gasteiger partial charge in [0.1, 0.15) is 5.52 Å². The van der Waals surface area contributed by atoms with Gasteiger partial charge in [0, 0.05) is 0 Å². The van der Waals surface area contributed by atoms with Crippen LogP contribution in [-0.2, 0) is 9.53 Å². The van der Waals surface area contributed by atoms with E-state index < -0.39 is 0 Å². The van der Waals surface area contributed by atoms with E-state index in [4.69, 9.17) is 10.5 Å². The largest absolute Gasteiger partial charge is 0.466 e. The second-order valence-electron chi connectivity index (χ2n) is 4.29. The molecule has 2 aromatic rings. The Bertz CT molecular complexity index is 676. The number of imidazole rings is 1. The average Bonchev–Trinajstić information content (AvgIpc) is 2.96. The van der Waals surface area contributed by atoms with Crippen LogP contribution in [0.25, 0.3) is 17.2 Å². The van der Waals surface area contributed by atoms with Gasteiger partial charge in [0.15, 0.2) is 17.3 Å². The number of esters is 1. The highest BCUT2D eigenvalue weighted by atomic mass is 16.5. The van der Waals surface area contributed by atoms with Gasteiger partial charge in [-0.3, -0.25) is 4.79 Å². The van der Waals surface area contributed by atoms with Crippen LogP contribution < -0.4 is 5.73 Å². The Morgan fingerprint density at radius 3 is 3.26 bits per heavy atom. The van der Waals surface area contributed by atoms with Crippen LogP contribution in [0.2, 0.25) is 0 Å². The van der Waals surface area contributed by atoms with E-state index in [2.05, 4.69) is 19.9 Å². The van der Waals surface area contributed by atoms with Crippen molar-refractivity contribution in [1.82, 2.24) is 19.9 Å². The van der Waals surface area contributed by atoms with Crippen molar-refractivity contribution in [2.24, 2.45) is 5.92 Å². The third kappa shape index (κ3) is 2.14. The van der Waals surface area contributed by atoms with Crippen molar-refractivity contribution in [2.45, 2.75) is 13.3 Å². The maximum atomic E-state index is 11.5. The monoisotopic (exact) mass is 259 g/mol. The third-order valence-corrected chi connectivity index (χ3v) is 2.94. The lowest BCUT2D eigenvalue weighted by atomic mass is 10.3. The molecule has 0 radical (unpaired) electrons. The van der Waals surface area contributed by atoms with Gasteiger partial charge in [-0.15, -0.1) is 0 Å². The molecule has 0 bridgehead atoms. The number of fused-ring (bicyclic) bond motifs is 1. The molecule has 7 heteroatoms. The topological polar surface area (TPSA) is 107 Å². The first kappa shape index (κ1) is 11.6. The second kappa shape index (κ2) is 4.34. The molecule has 3 rings (SSSR count). The number of carbonyl (C=O) groups is 1. The van der Waals surface area contributed by atoms with Crippen LogP contribution in [0.5, 0.6) is 0 Å². The molecule has 1 saturated carbocycles. The van der Waals surface area contributed by atoms with Crippen LogP contribution in [0.3, 0.4) is 0 Å². The Labute approximate surface area is 108 Å². The number of carbonyl (C=O) groups excluding carboxylic acids is 1. The number of nitrogen functional groups attached to an aromatic ring is 1. The number of nitrogens with one attached hydrogen (secondary N) is 1. The quantitative estimate of drug-likeness (QED) is 0.793. The molecule has 2 aromatic heterocycles. The number of rotatable bonds is 3. The number of aromatic nitrogens is 4. The van der Waals surface area contributed by atoms with Crippen LogP contribution in [-0.4, -0.2) is 32.5 Å². The van der Waals surface area contributed by atoms with E-state index >= 15 is 0 Å². The number of ether oxygens (including phenoxy) is 1. The fourth-order valence-electron chi connectivity index (χ4n) is 1.92. The average molecular weight is 259 g/mol. The van der Waals surface area contributed by atoms with Gasteiger partial charge in [-0.2, -0.15) is 0 Å². The molecular weight excluding hydrogens is 246 g/mol. The maximum Gasteiger partial charge on any atom is 0.313 e. The molecule has 0 spiro atoms. The van der Waals surface area contributed by atoms with Crippen molar-refractivity contribution >= 4 is 29.0 Å². The van der Waals surface area contributed by atoms with Crippen LogP contribution in [0.15, 0.2) is 11.9 Å². The highest BCUT2D eigenvalue weighted by Crippen LogP contribution is 2.39. The predicted molar refractivity (Wildman–Crippen MR) is 68.8 cm³/mol. The van der Waals surface area contributed by atoms with E-state index in [0.717, 1.165) is 5.57 Å². The normalized spacial score (nSPS) is 19.8. The Balaban J connectivity index is 1.85. The number of nitrogens with two attached hydrogens (primary N) is 1. The lowest BCUT2D eigenvalue weighted by Crippen LogP contribution is -2.05. The molecule has 0 saturated heterocycles. The van der Waals surface area contributed by atoms with Crippen LogP contribution >= 0.6 is 0 Å². The number of aromatic amines is 1. The van der Waals surface area contributed by atoms with Crippen molar-refractivity contribution in [2.75, 3.05) is 12.3 Å². The Morgan fingerprint density at radius 2 is 2.47 bits per heavy atom. The number of hydrogen-bond acceptors (Lipinski definition) is 6. The SMILES string of the molecule is CCOC(=O)C1C/C1=C\c1nc(N)c2nc[nH]c2n1. The van der Waals surface area contributed by atoms with Crippen molar-refractivity contribution in [3.05, 3.63) is 17.7 Å². The van der Waals surface area contributed by atoms with E-state index in [-0.39, 0.29) is 11.9 Å². The molecule has 1 atom stereocenters. The lowest BCUT2D eigenvalue weighted by molar-refractivity contribution is -0.144. The minimum Gasteiger partial charge on any atom is -0.466 e. The summed E-state index contributed by atoms with van der Waals surface area (Å²) in [5.41, 5.74) is 7.90. The van der Waals surface area contributed by atoms with Crippen molar-refractivity contribution in [3.8, 4) is 0 Å². The summed E-state index contributed by atoms with van der Waals surface area (Å²) in [4.78, 5) is 26.8. The van der Waals surface area contributed by atoms with Gasteiger partial charge in [-0.25, -0.2) is 15.0 Å². The lowest BCUT2D eigenvalue weighted by Gasteiger charge is -1.98. The zero-order valence-corrected chi connectivity index (χ0v) is 10.4. The number of anilines is 1. The fourth-order valence-corrected chi connectivity index (χ4v) is 1.92. The van der Waals surface area contributed by atoms with E-state index in [1.807, 2.05) is 0 Å². The smallest absolute Gasteiger partial charge is 0.313 e. The molecule has 0 aromatic carbocycles. The predicted octanol–water partition coefficient (Wildman–Crippen LogP) is 0.902. The zero-order valence-electron chi connectivity index (χ0n) is 10.4. The molecule has 3 N–H and O–H groups in total. The summed E-state index contributed by atoms with van der Waals surface area (Å²) >= 11 is 0. The number of H-pyrrole nitrogens is 1. The minimum atomic E-state index is -0.190. The molecule has 1 unspecified atom stereocenters. The van der Waals surface area contributed by atoms with E-state index in [1.165, 1.54) is 6.33 Å². The molecule has 0 aliphatic heterocycles. The molecular formula is C12H13N5O2. The van der Waals surface area contributed by atoms with Crippen molar-refractivity contribution in [3.63, 3.8) is 0 Å². The Kier molecular flexibility index (Phi) is 2.66. The molecule has 7 nitrogen and oxygen atoms in total. The van der Waals surface area contributed by atoms with Gasteiger partial charge >= 0.3 is 5.97 Å². The van der Waals surface area contributed by atoms with Gasteiger partial charge < -0.3 is 15.5 Å². The third-order valence-electron chi connectivity index (χ3n) is 2.94. The van der Waals surface area contributed by atoms with Gasteiger partial charge in [0.25, 0.3) is 0 Å². The van der Waals surface area contributed by atoms with Gasteiger partial charge in [-0.05, 0) is 19.4 Å². The number of hydrogen-bond donors (Lipinski definition) is 2. The van der Waals surface area contributed by atoms with Gasteiger partial charge in [0.2, 0.25) is 0 Å². The molecule has 0 amide bonds. The van der Waals surface area contributed by atoms with Crippen LogP contribution in [0.4, 0.5) is 5.82 Å². The summed E-state index contributed by atoms with van der Waals surface area (Å²) in [6.07, 6.45) is 3.99. The van der Waals surface area contributed by atoms with Crippen LogP contribution in [0, 0.1) is 5.92 Å². The molecule has 2 heterocycles. The summed E-state index contributed by atoms with van der Waals surface area (Å²) in [6.45, 7) is 2.19.